The molecule has 4 aromatic rings. The molecule has 1 N–H and O–H groups in total. The van der Waals surface area contributed by atoms with Crippen LogP contribution < -0.4 is 10.1 Å². The number of methoxy groups -OCH3 is 1. The Kier molecular flexibility index (Phi) is 4.54. The second-order valence-electron chi connectivity index (χ2n) is 5.96. The van der Waals surface area contributed by atoms with E-state index in [1.165, 1.54) is 5.56 Å². The molecule has 0 saturated carbocycles. The third kappa shape index (κ3) is 3.13. The second kappa shape index (κ2) is 7.14. The number of anilines is 2. The second-order valence-corrected chi connectivity index (χ2v) is 6.81. The number of hydrogen-bond acceptors (Lipinski definition) is 5. The fourth-order valence-electron chi connectivity index (χ4n) is 2.91. The van der Waals surface area contributed by atoms with E-state index >= 15 is 0 Å². The Labute approximate surface area is 156 Å². The van der Waals surface area contributed by atoms with Gasteiger partial charge in [0.2, 0.25) is 0 Å². The summed E-state index contributed by atoms with van der Waals surface area (Å²) in [4.78, 5) is 9.90. The number of nitrogens with one attached hydrogen (secondary N) is 1. The summed E-state index contributed by atoms with van der Waals surface area (Å²) in [5.41, 5.74) is 4.59. The maximum atomic E-state index is 5.26. The summed E-state index contributed by atoms with van der Waals surface area (Å²) in [5.74, 6) is 1.67. The number of fused-ring (bicyclic) bond motifs is 1. The number of aryl methyl sites for hydroxylation is 1. The summed E-state index contributed by atoms with van der Waals surface area (Å²) in [6, 6.07) is 16.5. The molecule has 0 aliphatic rings. The van der Waals surface area contributed by atoms with Crippen LogP contribution in [0.3, 0.4) is 0 Å². The first-order chi connectivity index (χ1) is 12.8. The van der Waals surface area contributed by atoms with E-state index in [0.717, 1.165) is 45.0 Å². The Hall–Kier alpha value is -2.92. The molecule has 4 rings (SSSR count). The van der Waals surface area contributed by atoms with Gasteiger partial charge in [0.15, 0.2) is 0 Å². The van der Waals surface area contributed by atoms with Crippen LogP contribution in [-0.2, 0) is 6.42 Å². The Morgan fingerprint density at radius 3 is 2.46 bits per heavy atom. The third-order valence-electron chi connectivity index (χ3n) is 4.40. The summed E-state index contributed by atoms with van der Waals surface area (Å²) in [7, 11) is 1.68. The highest BCUT2D eigenvalue weighted by Crippen LogP contribution is 2.37. The minimum atomic E-state index is 0.825. The van der Waals surface area contributed by atoms with E-state index in [1.807, 2.05) is 12.1 Å². The lowest BCUT2D eigenvalue weighted by Crippen LogP contribution is -1.95. The summed E-state index contributed by atoms with van der Waals surface area (Å²) in [5, 5.41) is 6.62. The fraction of sp³-hybridized carbons (Fsp3) is 0.143. The lowest BCUT2D eigenvalue weighted by atomic mass is 10.1. The van der Waals surface area contributed by atoms with Crippen molar-refractivity contribution in [1.82, 2.24) is 9.97 Å². The van der Waals surface area contributed by atoms with Crippen molar-refractivity contribution in [3.63, 3.8) is 0 Å². The summed E-state index contributed by atoms with van der Waals surface area (Å²) < 4.78 is 5.26. The van der Waals surface area contributed by atoms with E-state index in [2.05, 4.69) is 64.0 Å². The molecule has 0 spiro atoms. The van der Waals surface area contributed by atoms with Crippen molar-refractivity contribution in [2.75, 3.05) is 12.4 Å². The molecule has 0 unspecified atom stereocenters. The van der Waals surface area contributed by atoms with Gasteiger partial charge in [-0.1, -0.05) is 31.2 Å². The quantitative estimate of drug-likeness (QED) is 0.497. The number of ether oxygens (including phenoxy) is 1. The molecule has 0 amide bonds. The predicted molar refractivity (Wildman–Crippen MR) is 109 cm³/mol. The highest BCUT2D eigenvalue weighted by atomic mass is 32.1. The Bertz CT molecular complexity index is 1020. The van der Waals surface area contributed by atoms with E-state index < -0.39 is 0 Å². The lowest BCUT2D eigenvalue weighted by Gasteiger charge is -2.09. The molecular formula is C21H19N3OS. The summed E-state index contributed by atoms with van der Waals surface area (Å²) in [6.07, 6.45) is 2.64. The minimum Gasteiger partial charge on any atom is -0.497 e. The van der Waals surface area contributed by atoms with Crippen molar-refractivity contribution < 1.29 is 4.74 Å². The van der Waals surface area contributed by atoms with Gasteiger partial charge in [0.25, 0.3) is 0 Å². The number of hydrogen-bond donors (Lipinski definition) is 1. The molecule has 0 atom stereocenters. The Morgan fingerprint density at radius 1 is 1.00 bits per heavy atom. The number of rotatable bonds is 5. The van der Waals surface area contributed by atoms with Crippen LogP contribution in [0.4, 0.5) is 11.5 Å². The molecule has 0 aliphatic carbocycles. The summed E-state index contributed by atoms with van der Waals surface area (Å²) in [6.45, 7) is 2.16. The molecule has 5 heteroatoms. The first kappa shape index (κ1) is 16.5. The Morgan fingerprint density at radius 2 is 1.77 bits per heavy atom. The third-order valence-corrected chi connectivity index (χ3v) is 5.28. The molecule has 2 heterocycles. The minimum absolute atomic E-state index is 0.825. The zero-order valence-corrected chi connectivity index (χ0v) is 15.5. The van der Waals surface area contributed by atoms with Gasteiger partial charge in [-0.3, -0.25) is 0 Å². The van der Waals surface area contributed by atoms with Crippen molar-refractivity contribution in [2.45, 2.75) is 13.3 Å². The molecule has 0 fully saturated rings. The van der Waals surface area contributed by atoms with Crippen LogP contribution >= 0.6 is 11.3 Å². The van der Waals surface area contributed by atoms with Crippen molar-refractivity contribution >= 4 is 33.1 Å². The zero-order valence-electron chi connectivity index (χ0n) is 14.7. The standard InChI is InChI=1S/C21H19N3OS/c1-3-14-4-8-16(9-5-14)24-20-19-18(12-26-21(19)23-13-22-20)15-6-10-17(25-2)11-7-15/h4-13H,3H2,1-2H3,(H,22,23,24). The molecule has 0 aliphatic heterocycles. The molecule has 2 aromatic heterocycles. The maximum absolute atomic E-state index is 5.26. The zero-order chi connectivity index (χ0) is 17.9. The van der Waals surface area contributed by atoms with Crippen LogP contribution in [0.25, 0.3) is 21.3 Å². The summed E-state index contributed by atoms with van der Waals surface area (Å²) >= 11 is 1.63. The van der Waals surface area contributed by atoms with Crippen LogP contribution in [0, 0.1) is 0 Å². The van der Waals surface area contributed by atoms with Gasteiger partial charge < -0.3 is 10.1 Å². The predicted octanol–water partition coefficient (Wildman–Crippen LogP) is 5.67. The van der Waals surface area contributed by atoms with Crippen LogP contribution in [0.5, 0.6) is 5.75 Å². The molecule has 0 saturated heterocycles. The van der Waals surface area contributed by atoms with E-state index in [-0.39, 0.29) is 0 Å². The first-order valence-electron chi connectivity index (χ1n) is 8.51. The number of aromatic nitrogens is 2. The van der Waals surface area contributed by atoms with Gasteiger partial charge in [0, 0.05) is 16.6 Å². The molecule has 0 radical (unpaired) electrons. The molecule has 0 bridgehead atoms. The number of nitrogens with zero attached hydrogens (tertiary/aromatic N) is 2. The van der Waals surface area contributed by atoms with Gasteiger partial charge in [0.1, 0.15) is 22.7 Å². The monoisotopic (exact) mass is 361 g/mol. The molecule has 130 valence electrons. The molecule has 4 nitrogen and oxygen atoms in total. The Balaban J connectivity index is 1.75. The maximum Gasteiger partial charge on any atom is 0.143 e. The van der Waals surface area contributed by atoms with Crippen LogP contribution in [0.15, 0.2) is 60.2 Å². The van der Waals surface area contributed by atoms with Gasteiger partial charge in [-0.25, -0.2) is 9.97 Å². The molecule has 26 heavy (non-hydrogen) atoms. The van der Waals surface area contributed by atoms with Crippen LogP contribution in [0.1, 0.15) is 12.5 Å². The number of thiophene rings is 1. The van der Waals surface area contributed by atoms with Gasteiger partial charge in [-0.15, -0.1) is 11.3 Å². The normalized spacial score (nSPS) is 10.8. The molecular weight excluding hydrogens is 342 g/mol. The smallest absolute Gasteiger partial charge is 0.143 e. The average Bonchev–Trinajstić information content (AvgIpc) is 3.14. The van der Waals surface area contributed by atoms with Crippen LogP contribution in [0.2, 0.25) is 0 Å². The van der Waals surface area contributed by atoms with Gasteiger partial charge in [-0.05, 0) is 41.8 Å². The topological polar surface area (TPSA) is 47.0 Å². The van der Waals surface area contributed by atoms with Gasteiger partial charge in [-0.2, -0.15) is 0 Å². The fourth-order valence-corrected chi connectivity index (χ4v) is 3.83. The van der Waals surface area contributed by atoms with Crippen LogP contribution in [-0.4, -0.2) is 17.1 Å². The lowest BCUT2D eigenvalue weighted by molar-refractivity contribution is 0.415. The van der Waals surface area contributed by atoms with E-state index in [9.17, 15) is 0 Å². The van der Waals surface area contributed by atoms with Gasteiger partial charge >= 0.3 is 0 Å². The average molecular weight is 361 g/mol. The van der Waals surface area contributed by atoms with Crippen molar-refractivity contribution in [3.05, 3.63) is 65.8 Å². The van der Waals surface area contributed by atoms with Crippen molar-refractivity contribution in [2.24, 2.45) is 0 Å². The highest BCUT2D eigenvalue weighted by molar-refractivity contribution is 7.17. The van der Waals surface area contributed by atoms with Crippen molar-refractivity contribution in [3.8, 4) is 16.9 Å². The van der Waals surface area contributed by atoms with E-state index in [4.69, 9.17) is 4.74 Å². The van der Waals surface area contributed by atoms with E-state index in [1.54, 1.807) is 24.8 Å². The SMILES string of the molecule is CCc1ccc(Nc2ncnc3scc(-c4ccc(OC)cc4)c23)cc1. The number of benzene rings is 2. The molecule has 2 aromatic carbocycles. The van der Waals surface area contributed by atoms with E-state index in [0.29, 0.717) is 0 Å². The first-order valence-corrected chi connectivity index (χ1v) is 9.39. The van der Waals surface area contributed by atoms with Gasteiger partial charge in [0.05, 0.1) is 12.5 Å². The largest absolute Gasteiger partial charge is 0.497 e. The highest BCUT2D eigenvalue weighted by Gasteiger charge is 2.13. The van der Waals surface area contributed by atoms with Crippen molar-refractivity contribution in [1.29, 1.82) is 0 Å².